The molecule has 0 fully saturated rings. The molecule has 0 saturated heterocycles. The summed E-state index contributed by atoms with van der Waals surface area (Å²) < 4.78 is 23.4. The van der Waals surface area contributed by atoms with Crippen molar-refractivity contribution >= 4 is 28.5 Å². The number of ether oxygens (including phenoxy) is 2. The molecule has 27 heavy (non-hydrogen) atoms. The molecule has 2 aromatic carbocycles. The first kappa shape index (κ1) is 18.6. The van der Waals surface area contributed by atoms with Gasteiger partial charge in [0, 0.05) is 17.0 Å². The Labute approximate surface area is 160 Å². The summed E-state index contributed by atoms with van der Waals surface area (Å²) in [5.41, 5.74) is 2.27. The van der Waals surface area contributed by atoms with Crippen LogP contribution in [0.15, 0.2) is 53.9 Å². The Morgan fingerprint density at radius 3 is 2.56 bits per heavy atom. The number of nitrogens with zero attached hydrogens (tertiary/aromatic N) is 1. The van der Waals surface area contributed by atoms with Gasteiger partial charge in [-0.1, -0.05) is 6.07 Å². The third-order valence-electron chi connectivity index (χ3n) is 3.71. The van der Waals surface area contributed by atoms with E-state index in [1.54, 1.807) is 49.9 Å². The van der Waals surface area contributed by atoms with E-state index in [4.69, 9.17) is 9.47 Å². The maximum absolute atomic E-state index is 13.0. The van der Waals surface area contributed by atoms with E-state index in [0.29, 0.717) is 22.3 Å². The molecule has 0 aliphatic heterocycles. The molecular formula is C20H17FN2O3S. The number of rotatable bonds is 6. The van der Waals surface area contributed by atoms with E-state index in [1.165, 1.54) is 29.5 Å². The molecule has 1 N–H and O–H groups in total. The van der Waals surface area contributed by atoms with Gasteiger partial charge < -0.3 is 9.47 Å². The van der Waals surface area contributed by atoms with Crippen molar-refractivity contribution in [3.05, 3.63) is 65.3 Å². The maximum Gasteiger partial charge on any atom is 0.250 e. The Hall–Kier alpha value is -3.19. The molecule has 0 unspecified atom stereocenters. The minimum atomic E-state index is -0.303. The van der Waals surface area contributed by atoms with E-state index in [2.05, 4.69) is 10.3 Å². The van der Waals surface area contributed by atoms with Crippen molar-refractivity contribution < 1.29 is 18.7 Å². The van der Waals surface area contributed by atoms with E-state index in [1.807, 2.05) is 6.07 Å². The van der Waals surface area contributed by atoms with Gasteiger partial charge in [-0.3, -0.25) is 10.1 Å². The average Bonchev–Trinajstić information content (AvgIpc) is 3.15. The number of hydrogen-bond acceptors (Lipinski definition) is 5. The maximum atomic E-state index is 13.0. The lowest BCUT2D eigenvalue weighted by atomic mass is 10.2. The Morgan fingerprint density at radius 1 is 1.11 bits per heavy atom. The van der Waals surface area contributed by atoms with Crippen molar-refractivity contribution in [1.29, 1.82) is 0 Å². The number of thiazole rings is 1. The second-order valence-corrected chi connectivity index (χ2v) is 6.34. The summed E-state index contributed by atoms with van der Waals surface area (Å²) in [6.07, 6.45) is 3.09. The second-order valence-electron chi connectivity index (χ2n) is 5.48. The smallest absolute Gasteiger partial charge is 0.250 e. The summed E-state index contributed by atoms with van der Waals surface area (Å²) in [6, 6.07) is 11.4. The molecule has 0 spiro atoms. The van der Waals surface area contributed by atoms with Gasteiger partial charge in [-0.05, 0) is 48.0 Å². The number of carbonyl (C=O) groups excluding carboxylic acids is 1. The normalized spacial score (nSPS) is 10.8. The van der Waals surface area contributed by atoms with Gasteiger partial charge in [-0.25, -0.2) is 9.37 Å². The van der Waals surface area contributed by atoms with Gasteiger partial charge in [0.05, 0.1) is 19.9 Å². The molecular weight excluding hydrogens is 367 g/mol. The number of hydrogen-bond donors (Lipinski definition) is 1. The predicted molar refractivity (Wildman–Crippen MR) is 105 cm³/mol. The molecule has 1 aromatic heterocycles. The number of benzene rings is 2. The molecule has 0 saturated carbocycles. The third kappa shape index (κ3) is 4.71. The zero-order chi connectivity index (χ0) is 19.2. The first-order valence-corrected chi connectivity index (χ1v) is 8.89. The zero-order valence-electron chi connectivity index (χ0n) is 14.7. The van der Waals surface area contributed by atoms with Crippen molar-refractivity contribution in [3.63, 3.8) is 0 Å². The van der Waals surface area contributed by atoms with Crippen LogP contribution in [0.2, 0.25) is 0 Å². The van der Waals surface area contributed by atoms with Crippen LogP contribution >= 0.6 is 11.3 Å². The van der Waals surface area contributed by atoms with Gasteiger partial charge in [0.15, 0.2) is 16.6 Å². The summed E-state index contributed by atoms with van der Waals surface area (Å²) in [5, 5.41) is 4.99. The summed E-state index contributed by atoms with van der Waals surface area (Å²) in [4.78, 5) is 16.5. The average molecular weight is 384 g/mol. The Kier molecular flexibility index (Phi) is 5.83. The molecule has 7 heteroatoms. The number of aromatic nitrogens is 1. The fourth-order valence-electron chi connectivity index (χ4n) is 2.36. The van der Waals surface area contributed by atoms with Crippen LogP contribution in [-0.4, -0.2) is 25.1 Å². The number of nitrogens with one attached hydrogen (secondary N) is 1. The largest absolute Gasteiger partial charge is 0.493 e. The number of anilines is 1. The van der Waals surface area contributed by atoms with Gasteiger partial charge in [0.2, 0.25) is 5.91 Å². The fraction of sp³-hybridized carbons (Fsp3) is 0.100. The molecule has 3 aromatic rings. The molecule has 0 aliphatic rings. The van der Waals surface area contributed by atoms with Gasteiger partial charge in [-0.15, -0.1) is 11.3 Å². The van der Waals surface area contributed by atoms with E-state index in [9.17, 15) is 9.18 Å². The summed E-state index contributed by atoms with van der Waals surface area (Å²) >= 11 is 1.30. The molecule has 138 valence electrons. The van der Waals surface area contributed by atoms with E-state index in [0.717, 1.165) is 11.1 Å². The van der Waals surface area contributed by atoms with Crippen LogP contribution in [0.5, 0.6) is 11.5 Å². The highest BCUT2D eigenvalue weighted by Crippen LogP contribution is 2.28. The zero-order valence-corrected chi connectivity index (χ0v) is 15.5. The first-order chi connectivity index (χ1) is 13.1. The summed E-state index contributed by atoms with van der Waals surface area (Å²) in [6.45, 7) is 0. The van der Waals surface area contributed by atoms with Crippen molar-refractivity contribution in [2.75, 3.05) is 19.5 Å². The van der Waals surface area contributed by atoms with Crippen LogP contribution < -0.4 is 14.8 Å². The molecule has 5 nitrogen and oxygen atoms in total. The monoisotopic (exact) mass is 384 g/mol. The number of methoxy groups -OCH3 is 2. The van der Waals surface area contributed by atoms with Crippen LogP contribution in [0.4, 0.5) is 9.52 Å². The minimum absolute atomic E-state index is 0.301. The van der Waals surface area contributed by atoms with Gasteiger partial charge >= 0.3 is 0 Å². The SMILES string of the molecule is COc1ccc(C=CC(=O)Nc2nc(-c3ccc(F)cc3)cs2)cc1OC. The highest BCUT2D eigenvalue weighted by Gasteiger charge is 2.07. The quantitative estimate of drug-likeness (QED) is 0.630. The molecule has 1 amide bonds. The van der Waals surface area contributed by atoms with Crippen LogP contribution in [0, 0.1) is 5.82 Å². The van der Waals surface area contributed by atoms with Crippen LogP contribution in [0.1, 0.15) is 5.56 Å². The number of carbonyl (C=O) groups is 1. The minimum Gasteiger partial charge on any atom is -0.493 e. The fourth-order valence-corrected chi connectivity index (χ4v) is 3.08. The lowest BCUT2D eigenvalue weighted by Gasteiger charge is -2.07. The lowest BCUT2D eigenvalue weighted by molar-refractivity contribution is -0.111. The summed E-state index contributed by atoms with van der Waals surface area (Å²) in [5.74, 6) is 0.603. The lowest BCUT2D eigenvalue weighted by Crippen LogP contribution is -2.07. The first-order valence-electron chi connectivity index (χ1n) is 8.01. The topological polar surface area (TPSA) is 60.5 Å². The molecule has 3 rings (SSSR count). The van der Waals surface area contributed by atoms with Crippen LogP contribution in [-0.2, 0) is 4.79 Å². The molecule has 0 aliphatic carbocycles. The number of amides is 1. The van der Waals surface area contributed by atoms with E-state index >= 15 is 0 Å². The molecule has 0 atom stereocenters. The number of halogens is 1. The predicted octanol–water partition coefficient (Wildman–Crippen LogP) is 4.62. The van der Waals surface area contributed by atoms with Gasteiger partial charge in [-0.2, -0.15) is 0 Å². The summed E-state index contributed by atoms with van der Waals surface area (Å²) in [7, 11) is 3.12. The van der Waals surface area contributed by atoms with Crippen molar-refractivity contribution in [2.24, 2.45) is 0 Å². The van der Waals surface area contributed by atoms with Crippen molar-refractivity contribution in [1.82, 2.24) is 4.98 Å². The highest BCUT2D eigenvalue weighted by molar-refractivity contribution is 7.14. The standard InChI is InChI=1S/C20H17FN2O3S/c1-25-17-9-3-13(11-18(17)26-2)4-10-19(24)23-20-22-16(12-27-20)14-5-7-15(21)8-6-14/h3-12H,1-2H3,(H,22,23,24). The molecule has 0 bridgehead atoms. The second kappa shape index (κ2) is 8.46. The Bertz CT molecular complexity index is 968. The van der Waals surface area contributed by atoms with Gasteiger partial charge in [0.1, 0.15) is 5.82 Å². The van der Waals surface area contributed by atoms with E-state index in [-0.39, 0.29) is 11.7 Å². The molecule has 1 heterocycles. The van der Waals surface area contributed by atoms with Crippen LogP contribution in [0.25, 0.3) is 17.3 Å². The third-order valence-corrected chi connectivity index (χ3v) is 4.47. The Balaban J connectivity index is 1.66. The molecule has 0 radical (unpaired) electrons. The van der Waals surface area contributed by atoms with Crippen molar-refractivity contribution in [3.8, 4) is 22.8 Å². The van der Waals surface area contributed by atoms with Gasteiger partial charge in [0.25, 0.3) is 0 Å². The van der Waals surface area contributed by atoms with Crippen LogP contribution in [0.3, 0.4) is 0 Å². The highest BCUT2D eigenvalue weighted by atomic mass is 32.1. The Morgan fingerprint density at radius 2 is 1.85 bits per heavy atom. The van der Waals surface area contributed by atoms with Crippen molar-refractivity contribution in [2.45, 2.75) is 0 Å². The van der Waals surface area contributed by atoms with E-state index < -0.39 is 0 Å².